The van der Waals surface area contributed by atoms with Gasteiger partial charge in [-0.25, -0.2) is 4.68 Å². The summed E-state index contributed by atoms with van der Waals surface area (Å²) >= 11 is 0. The van der Waals surface area contributed by atoms with Crippen molar-refractivity contribution in [2.45, 2.75) is 26.1 Å². The minimum absolute atomic E-state index is 0.365. The second-order valence-corrected chi connectivity index (χ2v) is 4.06. The fraction of sp³-hybridized carbons (Fsp3) is 0.286. The number of halogens is 3. The van der Waals surface area contributed by atoms with Crippen LogP contribution < -0.4 is 0 Å². The number of nitrogens with zero attached hydrogens (tertiary/aromatic N) is 3. The van der Waals surface area contributed by atoms with E-state index in [0.29, 0.717) is 17.8 Å². The fourth-order valence-corrected chi connectivity index (χ4v) is 1.68. The molecule has 0 saturated carbocycles. The molecule has 2 aromatic rings. The van der Waals surface area contributed by atoms with Gasteiger partial charge >= 0.3 is 6.18 Å². The normalized spacial score (nSPS) is 11.0. The number of hydrogen-bond acceptors (Lipinski definition) is 2. The Kier molecular flexibility index (Phi) is 4.08. The molecule has 0 radical (unpaired) electrons. The van der Waals surface area contributed by atoms with Gasteiger partial charge in [-0.3, -0.25) is 0 Å². The summed E-state index contributed by atoms with van der Waals surface area (Å²) in [5.74, 6) is 5.82. The number of alkyl halides is 3. The van der Waals surface area contributed by atoms with Gasteiger partial charge < -0.3 is 0 Å². The summed E-state index contributed by atoms with van der Waals surface area (Å²) in [5, 5.41) is 7.65. The zero-order valence-electron chi connectivity index (χ0n) is 10.8. The molecule has 3 nitrogen and oxygen atoms in total. The first kappa shape index (κ1) is 14.1. The van der Waals surface area contributed by atoms with Crippen molar-refractivity contribution in [2.75, 3.05) is 0 Å². The molecule has 104 valence electrons. The van der Waals surface area contributed by atoms with E-state index in [1.165, 1.54) is 18.3 Å². The second kappa shape index (κ2) is 5.78. The zero-order valence-corrected chi connectivity index (χ0v) is 10.8. The second-order valence-electron chi connectivity index (χ2n) is 4.06. The van der Waals surface area contributed by atoms with E-state index in [1.807, 2.05) is 6.92 Å². The Labute approximate surface area is 114 Å². The van der Waals surface area contributed by atoms with Gasteiger partial charge in [0.1, 0.15) is 6.54 Å². The van der Waals surface area contributed by atoms with Gasteiger partial charge in [0.2, 0.25) is 0 Å². The molecule has 0 bridgehead atoms. The Bertz CT molecular complexity index is 630. The molecular formula is C14H12F3N3. The van der Waals surface area contributed by atoms with Crippen LogP contribution in [0.15, 0.2) is 30.5 Å². The predicted octanol–water partition coefficient (Wildman–Crippen LogP) is 3.38. The van der Waals surface area contributed by atoms with Gasteiger partial charge in [0, 0.05) is 12.0 Å². The first-order chi connectivity index (χ1) is 9.52. The minimum Gasteiger partial charge on any atom is -0.233 e. The number of rotatable bonds is 2. The lowest BCUT2D eigenvalue weighted by atomic mass is 10.1. The summed E-state index contributed by atoms with van der Waals surface area (Å²) in [6.07, 6.45) is -2.08. The van der Waals surface area contributed by atoms with E-state index in [1.54, 1.807) is 4.68 Å². The predicted molar refractivity (Wildman–Crippen MR) is 68.5 cm³/mol. The van der Waals surface area contributed by atoms with Gasteiger partial charge in [0.05, 0.1) is 17.5 Å². The lowest BCUT2D eigenvalue weighted by Gasteiger charge is -2.07. The Morgan fingerprint density at radius 1 is 1.15 bits per heavy atom. The third kappa shape index (κ3) is 3.18. The fourth-order valence-electron chi connectivity index (χ4n) is 1.68. The van der Waals surface area contributed by atoms with E-state index in [2.05, 4.69) is 22.2 Å². The van der Waals surface area contributed by atoms with Crippen LogP contribution in [0.25, 0.3) is 11.3 Å². The van der Waals surface area contributed by atoms with Crippen molar-refractivity contribution < 1.29 is 13.2 Å². The van der Waals surface area contributed by atoms with Crippen molar-refractivity contribution in [1.29, 1.82) is 0 Å². The van der Waals surface area contributed by atoms with E-state index in [4.69, 9.17) is 0 Å². The third-order valence-electron chi connectivity index (χ3n) is 2.66. The third-order valence-corrected chi connectivity index (χ3v) is 2.66. The Morgan fingerprint density at radius 2 is 1.85 bits per heavy atom. The number of hydrogen-bond donors (Lipinski definition) is 0. The van der Waals surface area contributed by atoms with Crippen LogP contribution in [0.4, 0.5) is 13.2 Å². The molecule has 0 amide bonds. The maximum Gasteiger partial charge on any atom is 0.416 e. The van der Waals surface area contributed by atoms with Gasteiger partial charge in [-0.15, -0.1) is 11.0 Å². The van der Waals surface area contributed by atoms with Crippen molar-refractivity contribution in [3.8, 4) is 23.1 Å². The van der Waals surface area contributed by atoms with E-state index in [0.717, 1.165) is 18.6 Å². The molecule has 0 fully saturated rings. The Balaban J connectivity index is 2.26. The molecular weight excluding hydrogens is 267 g/mol. The average Bonchev–Trinajstić information content (AvgIpc) is 2.87. The van der Waals surface area contributed by atoms with Crippen molar-refractivity contribution in [3.63, 3.8) is 0 Å². The van der Waals surface area contributed by atoms with Crippen molar-refractivity contribution in [2.24, 2.45) is 0 Å². The summed E-state index contributed by atoms with van der Waals surface area (Å²) in [4.78, 5) is 0. The lowest BCUT2D eigenvalue weighted by Crippen LogP contribution is -2.05. The van der Waals surface area contributed by atoms with Crippen molar-refractivity contribution in [1.82, 2.24) is 15.0 Å². The van der Waals surface area contributed by atoms with E-state index in [-0.39, 0.29) is 0 Å². The maximum absolute atomic E-state index is 12.5. The highest BCUT2D eigenvalue weighted by Gasteiger charge is 2.30. The van der Waals surface area contributed by atoms with Crippen LogP contribution in [-0.4, -0.2) is 15.0 Å². The molecule has 0 aliphatic rings. The van der Waals surface area contributed by atoms with Crippen molar-refractivity contribution in [3.05, 3.63) is 36.0 Å². The SMILES string of the molecule is CCC#CCn1nncc1-c1ccc(C(F)(F)F)cc1. The molecule has 1 heterocycles. The van der Waals surface area contributed by atoms with Gasteiger partial charge in [-0.05, 0) is 12.1 Å². The Morgan fingerprint density at radius 3 is 2.45 bits per heavy atom. The van der Waals surface area contributed by atoms with Gasteiger partial charge in [0.25, 0.3) is 0 Å². The number of benzene rings is 1. The molecule has 0 atom stereocenters. The summed E-state index contributed by atoms with van der Waals surface area (Å²) < 4.78 is 39.1. The molecule has 2 rings (SSSR count). The average molecular weight is 279 g/mol. The standard InChI is InChI=1S/C14H12F3N3/c1-2-3-4-9-20-13(10-18-19-20)11-5-7-12(8-6-11)14(15,16)17/h5-8,10H,2,9H2,1H3. The molecule has 0 N–H and O–H groups in total. The zero-order chi connectivity index (χ0) is 14.6. The van der Waals surface area contributed by atoms with Gasteiger partial charge in [0.15, 0.2) is 0 Å². The summed E-state index contributed by atoms with van der Waals surface area (Å²) in [5.41, 5.74) is 0.594. The molecule has 20 heavy (non-hydrogen) atoms. The van der Waals surface area contributed by atoms with E-state index >= 15 is 0 Å². The smallest absolute Gasteiger partial charge is 0.233 e. The first-order valence-electron chi connectivity index (χ1n) is 6.04. The first-order valence-corrected chi connectivity index (χ1v) is 6.04. The summed E-state index contributed by atoms with van der Waals surface area (Å²) in [7, 11) is 0. The van der Waals surface area contributed by atoms with Crippen LogP contribution in [0.1, 0.15) is 18.9 Å². The van der Waals surface area contributed by atoms with Crippen LogP contribution in [0.3, 0.4) is 0 Å². The monoisotopic (exact) mass is 279 g/mol. The van der Waals surface area contributed by atoms with Crippen LogP contribution in [0.2, 0.25) is 0 Å². The molecule has 1 aromatic carbocycles. The maximum atomic E-state index is 12.5. The highest BCUT2D eigenvalue weighted by Crippen LogP contribution is 2.30. The number of aromatic nitrogens is 3. The molecule has 0 aliphatic heterocycles. The van der Waals surface area contributed by atoms with Crippen LogP contribution in [0.5, 0.6) is 0 Å². The largest absolute Gasteiger partial charge is 0.416 e. The molecule has 0 unspecified atom stereocenters. The van der Waals surface area contributed by atoms with Gasteiger partial charge in [-0.2, -0.15) is 13.2 Å². The minimum atomic E-state index is -4.33. The van der Waals surface area contributed by atoms with Crippen LogP contribution >= 0.6 is 0 Å². The molecule has 1 aromatic heterocycles. The van der Waals surface area contributed by atoms with Crippen LogP contribution in [0, 0.1) is 11.8 Å². The topological polar surface area (TPSA) is 30.7 Å². The van der Waals surface area contributed by atoms with E-state index in [9.17, 15) is 13.2 Å². The molecule has 6 heteroatoms. The van der Waals surface area contributed by atoms with E-state index < -0.39 is 11.7 Å². The highest BCUT2D eigenvalue weighted by atomic mass is 19.4. The summed E-state index contributed by atoms with van der Waals surface area (Å²) in [6, 6.07) is 4.91. The molecule has 0 aliphatic carbocycles. The quantitative estimate of drug-likeness (QED) is 0.789. The van der Waals surface area contributed by atoms with Crippen molar-refractivity contribution >= 4 is 0 Å². The molecule has 0 saturated heterocycles. The lowest BCUT2D eigenvalue weighted by molar-refractivity contribution is -0.137. The van der Waals surface area contributed by atoms with Crippen LogP contribution in [-0.2, 0) is 12.7 Å². The molecule has 0 spiro atoms. The Hall–Kier alpha value is -2.29. The summed E-state index contributed by atoms with van der Waals surface area (Å²) in [6.45, 7) is 2.30. The van der Waals surface area contributed by atoms with Gasteiger partial charge in [-0.1, -0.05) is 30.2 Å². The highest BCUT2D eigenvalue weighted by molar-refractivity contribution is 5.59.